The molecule has 1 amide bonds. The molecule has 1 aliphatic carbocycles. The maximum Gasteiger partial charge on any atom is 0.231 e. The van der Waals surface area contributed by atoms with Gasteiger partial charge in [0, 0.05) is 6.20 Å². The zero-order chi connectivity index (χ0) is 17.2. The molecule has 0 bridgehead atoms. The van der Waals surface area contributed by atoms with E-state index < -0.39 is 0 Å². The highest BCUT2D eigenvalue weighted by molar-refractivity contribution is 5.91. The van der Waals surface area contributed by atoms with E-state index in [-0.39, 0.29) is 17.4 Å². The molecule has 0 aliphatic heterocycles. The van der Waals surface area contributed by atoms with Gasteiger partial charge in [0.2, 0.25) is 5.91 Å². The van der Waals surface area contributed by atoms with E-state index in [0.717, 1.165) is 41.8 Å². The van der Waals surface area contributed by atoms with E-state index in [1.54, 1.807) is 13.3 Å². The molecule has 1 aromatic carbocycles. The lowest BCUT2D eigenvalue weighted by Gasteiger charge is -2.22. The summed E-state index contributed by atoms with van der Waals surface area (Å²) in [7, 11) is 1.65. The second kappa shape index (κ2) is 6.63. The molecule has 1 fully saturated rings. The number of hydrogen-bond donors (Lipinski definition) is 1. The van der Waals surface area contributed by atoms with Gasteiger partial charge in [0.25, 0.3) is 0 Å². The van der Waals surface area contributed by atoms with Crippen LogP contribution in [0, 0.1) is 6.92 Å². The van der Waals surface area contributed by atoms with Crippen molar-refractivity contribution in [2.45, 2.75) is 44.6 Å². The van der Waals surface area contributed by atoms with Crippen LogP contribution in [-0.4, -0.2) is 18.0 Å². The van der Waals surface area contributed by atoms with Gasteiger partial charge in [-0.25, -0.2) is 0 Å². The first-order valence-electron chi connectivity index (χ1n) is 8.47. The molecule has 1 N–H and O–H groups in total. The maximum atomic E-state index is 12.9. The second-order valence-corrected chi connectivity index (χ2v) is 6.50. The molecule has 4 nitrogen and oxygen atoms in total. The van der Waals surface area contributed by atoms with Gasteiger partial charge in [-0.3, -0.25) is 9.78 Å². The van der Waals surface area contributed by atoms with E-state index in [0.29, 0.717) is 0 Å². The van der Waals surface area contributed by atoms with Crippen molar-refractivity contribution in [3.63, 3.8) is 0 Å². The quantitative estimate of drug-likeness (QED) is 0.881. The Kier molecular flexibility index (Phi) is 4.56. The summed E-state index contributed by atoms with van der Waals surface area (Å²) in [5.41, 5.74) is 2.76. The number of benzene rings is 1. The summed E-state index contributed by atoms with van der Waals surface area (Å²) < 4.78 is 5.20. The summed E-state index contributed by atoms with van der Waals surface area (Å²) in [6, 6.07) is 11.8. The first kappa shape index (κ1) is 16.5. The van der Waals surface area contributed by atoms with E-state index in [9.17, 15) is 4.79 Å². The summed E-state index contributed by atoms with van der Waals surface area (Å²) >= 11 is 0. The van der Waals surface area contributed by atoms with Crippen LogP contribution in [0.25, 0.3) is 0 Å². The van der Waals surface area contributed by atoms with E-state index in [2.05, 4.69) is 17.2 Å². The molecule has 4 heteroatoms. The van der Waals surface area contributed by atoms with Crippen LogP contribution >= 0.6 is 0 Å². The molecule has 126 valence electrons. The minimum atomic E-state index is -0.385. The normalized spacial score (nSPS) is 16.3. The molecule has 1 aromatic heterocycles. The van der Waals surface area contributed by atoms with Crippen LogP contribution in [0.3, 0.4) is 0 Å². The summed E-state index contributed by atoms with van der Waals surface area (Å²) in [4.78, 5) is 17.4. The number of carbonyl (C=O) groups is 1. The van der Waals surface area contributed by atoms with Crippen molar-refractivity contribution >= 4 is 5.91 Å². The largest absolute Gasteiger partial charge is 0.497 e. The average molecular weight is 324 g/mol. The minimum absolute atomic E-state index is 0.0480. The fourth-order valence-corrected chi connectivity index (χ4v) is 3.11. The predicted octanol–water partition coefficient (Wildman–Crippen LogP) is 3.70. The molecule has 1 heterocycles. The molecule has 0 saturated heterocycles. The monoisotopic (exact) mass is 324 g/mol. The van der Waals surface area contributed by atoms with Gasteiger partial charge in [-0.15, -0.1) is 0 Å². The summed E-state index contributed by atoms with van der Waals surface area (Å²) in [5, 5.41) is 3.21. The molecule has 0 spiro atoms. The number of hydrogen-bond acceptors (Lipinski definition) is 3. The SMILES string of the molecule is CCC(NC(=O)C1(c2ccc(OC)cc2)CC1)c1cc(C)ccn1. The Bertz CT molecular complexity index is 721. The predicted molar refractivity (Wildman–Crippen MR) is 94.1 cm³/mol. The number of carbonyl (C=O) groups excluding carboxylic acids is 1. The molecule has 1 unspecified atom stereocenters. The Morgan fingerprint density at radius 2 is 2.00 bits per heavy atom. The molecule has 1 atom stereocenters. The maximum absolute atomic E-state index is 12.9. The molecule has 0 radical (unpaired) electrons. The van der Waals surface area contributed by atoms with Crippen molar-refractivity contribution in [3.05, 3.63) is 59.4 Å². The third-order valence-corrected chi connectivity index (χ3v) is 4.83. The number of nitrogens with one attached hydrogen (secondary N) is 1. The Morgan fingerprint density at radius 3 is 2.54 bits per heavy atom. The van der Waals surface area contributed by atoms with Gasteiger partial charge >= 0.3 is 0 Å². The first-order chi connectivity index (χ1) is 11.6. The lowest BCUT2D eigenvalue weighted by atomic mass is 9.94. The number of rotatable bonds is 6. The zero-order valence-corrected chi connectivity index (χ0v) is 14.5. The van der Waals surface area contributed by atoms with E-state index in [1.807, 2.05) is 43.3 Å². The van der Waals surface area contributed by atoms with Crippen LogP contribution < -0.4 is 10.1 Å². The molecule has 1 saturated carbocycles. The summed E-state index contributed by atoms with van der Waals surface area (Å²) in [6.07, 6.45) is 4.41. The van der Waals surface area contributed by atoms with E-state index in [4.69, 9.17) is 4.74 Å². The lowest BCUT2D eigenvalue weighted by molar-refractivity contribution is -0.124. The Balaban J connectivity index is 1.77. The number of aryl methyl sites for hydroxylation is 1. The van der Waals surface area contributed by atoms with Gasteiger partial charge in [0.05, 0.1) is 24.3 Å². The van der Waals surface area contributed by atoms with Gasteiger partial charge in [-0.05, 0) is 61.6 Å². The molecule has 24 heavy (non-hydrogen) atoms. The molecule has 1 aliphatic rings. The Labute approximate surface area is 143 Å². The van der Waals surface area contributed by atoms with Crippen LogP contribution in [0.15, 0.2) is 42.6 Å². The van der Waals surface area contributed by atoms with Crippen molar-refractivity contribution in [3.8, 4) is 5.75 Å². The topological polar surface area (TPSA) is 51.2 Å². The molecular formula is C20H24N2O2. The van der Waals surface area contributed by atoms with Gasteiger partial charge < -0.3 is 10.1 Å². The minimum Gasteiger partial charge on any atom is -0.497 e. The van der Waals surface area contributed by atoms with Crippen LogP contribution in [0.2, 0.25) is 0 Å². The smallest absolute Gasteiger partial charge is 0.231 e. The third-order valence-electron chi connectivity index (χ3n) is 4.83. The Hall–Kier alpha value is -2.36. The average Bonchev–Trinajstić information content (AvgIpc) is 3.41. The first-order valence-corrected chi connectivity index (χ1v) is 8.47. The number of nitrogens with zero attached hydrogens (tertiary/aromatic N) is 1. The number of amides is 1. The van der Waals surface area contributed by atoms with E-state index >= 15 is 0 Å². The lowest BCUT2D eigenvalue weighted by Crippen LogP contribution is -2.37. The summed E-state index contributed by atoms with van der Waals surface area (Å²) in [5.74, 6) is 0.910. The van der Waals surface area contributed by atoms with Crippen LogP contribution in [-0.2, 0) is 10.2 Å². The Morgan fingerprint density at radius 1 is 1.29 bits per heavy atom. The van der Waals surface area contributed by atoms with Crippen molar-refractivity contribution in [1.82, 2.24) is 10.3 Å². The van der Waals surface area contributed by atoms with Crippen LogP contribution in [0.5, 0.6) is 5.75 Å². The number of pyridine rings is 1. The highest BCUT2D eigenvalue weighted by Gasteiger charge is 2.51. The van der Waals surface area contributed by atoms with Crippen molar-refractivity contribution in [1.29, 1.82) is 0 Å². The number of aromatic nitrogens is 1. The van der Waals surface area contributed by atoms with E-state index in [1.165, 1.54) is 0 Å². The molecule has 2 aromatic rings. The molecular weight excluding hydrogens is 300 g/mol. The molecule has 3 rings (SSSR count). The van der Waals surface area contributed by atoms with Crippen molar-refractivity contribution in [2.24, 2.45) is 0 Å². The summed E-state index contributed by atoms with van der Waals surface area (Å²) in [6.45, 7) is 4.11. The standard InChI is InChI=1S/C20H24N2O2/c1-4-17(18-13-14(2)9-12-21-18)22-19(23)20(10-11-20)15-5-7-16(24-3)8-6-15/h5-9,12-13,17H,4,10-11H2,1-3H3,(H,22,23). The van der Waals surface area contributed by atoms with Crippen molar-refractivity contribution < 1.29 is 9.53 Å². The van der Waals surface area contributed by atoms with Crippen molar-refractivity contribution in [2.75, 3.05) is 7.11 Å². The van der Waals surface area contributed by atoms with Crippen LogP contribution in [0.1, 0.15) is 49.0 Å². The second-order valence-electron chi connectivity index (χ2n) is 6.50. The van der Waals surface area contributed by atoms with Gasteiger partial charge in [-0.1, -0.05) is 19.1 Å². The van der Waals surface area contributed by atoms with Gasteiger partial charge in [-0.2, -0.15) is 0 Å². The number of methoxy groups -OCH3 is 1. The zero-order valence-electron chi connectivity index (χ0n) is 14.5. The fourth-order valence-electron chi connectivity index (χ4n) is 3.11. The fraction of sp³-hybridized carbons (Fsp3) is 0.400. The van der Waals surface area contributed by atoms with Gasteiger partial charge in [0.1, 0.15) is 5.75 Å². The number of ether oxygens (including phenoxy) is 1. The third kappa shape index (κ3) is 3.14. The van der Waals surface area contributed by atoms with Gasteiger partial charge in [0.15, 0.2) is 0 Å². The highest BCUT2D eigenvalue weighted by atomic mass is 16.5. The highest BCUT2D eigenvalue weighted by Crippen LogP contribution is 2.49. The van der Waals surface area contributed by atoms with Crippen LogP contribution in [0.4, 0.5) is 0 Å².